The Kier molecular flexibility index (Phi) is 4.06. The van der Waals surface area contributed by atoms with E-state index in [0.29, 0.717) is 5.92 Å². The summed E-state index contributed by atoms with van der Waals surface area (Å²) in [6, 6.07) is 0.0716. The minimum atomic E-state index is -0.877. The normalized spacial score (nSPS) is 29.9. The van der Waals surface area contributed by atoms with Crippen LogP contribution in [-0.4, -0.2) is 66.2 Å². The molecular weight excluding hydrogens is 234 g/mol. The third-order valence-corrected chi connectivity index (χ3v) is 3.97. The maximum Gasteiger partial charge on any atom is 0.317 e. The smallest absolute Gasteiger partial charge is 0.317 e. The standard InChI is InChI=1S/C12H21N3O3/c1-14(5-4-11(16)17)12(18)13-10-8-15-6-2-9(10)3-7-15/h9-10H,2-8H2,1H3,(H,13,18)(H,16,17). The lowest BCUT2D eigenvalue weighted by atomic mass is 9.84. The predicted octanol–water partition coefficient (Wildman–Crippen LogP) is 0.197. The molecule has 3 fully saturated rings. The van der Waals surface area contributed by atoms with E-state index in [-0.39, 0.29) is 25.0 Å². The van der Waals surface area contributed by atoms with Crippen molar-refractivity contribution in [1.82, 2.24) is 15.1 Å². The summed E-state index contributed by atoms with van der Waals surface area (Å²) in [6.07, 6.45) is 2.30. The van der Waals surface area contributed by atoms with Gasteiger partial charge in [-0.25, -0.2) is 4.79 Å². The molecule has 2 amide bonds. The molecule has 3 aliphatic rings. The third-order valence-electron chi connectivity index (χ3n) is 3.97. The van der Waals surface area contributed by atoms with Gasteiger partial charge in [-0.3, -0.25) is 4.79 Å². The molecule has 0 spiro atoms. The zero-order chi connectivity index (χ0) is 13.1. The van der Waals surface area contributed by atoms with Crippen LogP contribution in [0.1, 0.15) is 19.3 Å². The van der Waals surface area contributed by atoms with Crippen LogP contribution < -0.4 is 5.32 Å². The van der Waals surface area contributed by atoms with Gasteiger partial charge < -0.3 is 20.2 Å². The number of piperidine rings is 3. The Balaban J connectivity index is 1.78. The summed E-state index contributed by atoms with van der Waals surface area (Å²) in [4.78, 5) is 26.2. The monoisotopic (exact) mass is 255 g/mol. The van der Waals surface area contributed by atoms with E-state index in [9.17, 15) is 9.59 Å². The van der Waals surface area contributed by atoms with Crippen molar-refractivity contribution in [2.24, 2.45) is 5.92 Å². The quantitative estimate of drug-likeness (QED) is 0.752. The fraction of sp³-hybridized carbons (Fsp3) is 0.833. The van der Waals surface area contributed by atoms with Crippen molar-refractivity contribution in [2.45, 2.75) is 25.3 Å². The van der Waals surface area contributed by atoms with Crippen LogP contribution in [0.25, 0.3) is 0 Å². The van der Waals surface area contributed by atoms with Gasteiger partial charge in [-0.2, -0.15) is 0 Å². The molecule has 0 aromatic rings. The Morgan fingerprint density at radius 2 is 2.06 bits per heavy atom. The molecule has 6 nitrogen and oxygen atoms in total. The number of nitrogens with one attached hydrogen (secondary N) is 1. The summed E-state index contributed by atoms with van der Waals surface area (Å²) >= 11 is 0. The molecule has 3 heterocycles. The van der Waals surface area contributed by atoms with Crippen LogP contribution in [0.15, 0.2) is 0 Å². The van der Waals surface area contributed by atoms with E-state index in [0.717, 1.165) is 32.5 Å². The van der Waals surface area contributed by atoms with Crippen molar-refractivity contribution < 1.29 is 14.7 Å². The van der Waals surface area contributed by atoms with E-state index < -0.39 is 5.97 Å². The first-order valence-electron chi connectivity index (χ1n) is 6.52. The Hall–Kier alpha value is -1.30. The molecule has 6 heteroatoms. The van der Waals surface area contributed by atoms with Gasteiger partial charge in [-0.15, -0.1) is 0 Å². The van der Waals surface area contributed by atoms with Crippen LogP contribution in [-0.2, 0) is 4.79 Å². The lowest BCUT2D eigenvalue weighted by molar-refractivity contribution is -0.137. The van der Waals surface area contributed by atoms with Crippen molar-refractivity contribution >= 4 is 12.0 Å². The maximum atomic E-state index is 11.9. The highest BCUT2D eigenvalue weighted by Gasteiger charge is 2.35. The van der Waals surface area contributed by atoms with Crippen molar-refractivity contribution in [3.63, 3.8) is 0 Å². The van der Waals surface area contributed by atoms with Gasteiger partial charge in [-0.05, 0) is 31.8 Å². The summed E-state index contributed by atoms with van der Waals surface area (Å²) < 4.78 is 0. The van der Waals surface area contributed by atoms with Gasteiger partial charge in [0.2, 0.25) is 0 Å². The number of carbonyl (C=O) groups is 2. The largest absolute Gasteiger partial charge is 0.481 e. The van der Waals surface area contributed by atoms with Gasteiger partial charge in [-0.1, -0.05) is 0 Å². The Morgan fingerprint density at radius 3 is 2.56 bits per heavy atom. The average Bonchev–Trinajstić information content (AvgIpc) is 2.37. The van der Waals surface area contributed by atoms with Crippen LogP contribution in [0.2, 0.25) is 0 Å². The number of nitrogens with zero attached hydrogens (tertiary/aromatic N) is 2. The lowest BCUT2D eigenvalue weighted by Gasteiger charge is -2.45. The maximum absolute atomic E-state index is 11.9. The van der Waals surface area contributed by atoms with Gasteiger partial charge in [0.15, 0.2) is 0 Å². The molecule has 0 radical (unpaired) electrons. The molecule has 102 valence electrons. The molecular formula is C12H21N3O3. The summed E-state index contributed by atoms with van der Waals surface area (Å²) in [5, 5.41) is 11.6. The first kappa shape index (κ1) is 13.1. The van der Waals surface area contributed by atoms with Gasteiger partial charge in [0.25, 0.3) is 0 Å². The van der Waals surface area contributed by atoms with Crippen LogP contribution in [0.5, 0.6) is 0 Å². The number of amides is 2. The van der Waals surface area contributed by atoms with E-state index in [4.69, 9.17) is 5.11 Å². The topological polar surface area (TPSA) is 72.9 Å². The number of urea groups is 1. The van der Waals surface area contributed by atoms with E-state index in [1.807, 2.05) is 0 Å². The van der Waals surface area contributed by atoms with E-state index in [1.54, 1.807) is 7.05 Å². The van der Waals surface area contributed by atoms with E-state index >= 15 is 0 Å². The van der Waals surface area contributed by atoms with E-state index in [1.165, 1.54) is 4.90 Å². The number of carbonyl (C=O) groups excluding carboxylic acids is 1. The minimum absolute atomic E-state index is 0.00978. The van der Waals surface area contributed by atoms with Crippen molar-refractivity contribution in [3.05, 3.63) is 0 Å². The molecule has 1 atom stereocenters. The van der Waals surface area contributed by atoms with E-state index in [2.05, 4.69) is 10.2 Å². The number of aliphatic carboxylic acids is 1. The predicted molar refractivity (Wildman–Crippen MR) is 66.4 cm³/mol. The van der Waals surface area contributed by atoms with Crippen molar-refractivity contribution in [1.29, 1.82) is 0 Å². The number of hydrogen-bond acceptors (Lipinski definition) is 3. The van der Waals surface area contributed by atoms with Gasteiger partial charge >= 0.3 is 12.0 Å². The SMILES string of the molecule is CN(CCC(=O)O)C(=O)NC1CN2CCC1CC2. The molecule has 0 saturated carbocycles. The number of carboxylic acid groups (broad SMARTS) is 1. The summed E-state index contributed by atoms with van der Waals surface area (Å²) in [5.74, 6) is -0.288. The molecule has 2 bridgehead atoms. The second kappa shape index (κ2) is 5.56. The van der Waals surface area contributed by atoms with Gasteiger partial charge in [0.1, 0.15) is 0 Å². The number of carboxylic acids is 1. The lowest BCUT2D eigenvalue weighted by Crippen LogP contribution is -2.58. The summed E-state index contributed by atoms with van der Waals surface area (Å²) in [6.45, 7) is 3.48. The van der Waals surface area contributed by atoms with Crippen molar-refractivity contribution in [2.75, 3.05) is 33.2 Å². The second-order valence-electron chi connectivity index (χ2n) is 5.26. The highest BCUT2D eigenvalue weighted by atomic mass is 16.4. The number of fused-ring (bicyclic) bond motifs is 3. The van der Waals surface area contributed by atoms with Crippen LogP contribution in [0.3, 0.4) is 0 Å². The highest BCUT2D eigenvalue weighted by Crippen LogP contribution is 2.27. The highest BCUT2D eigenvalue weighted by molar-refractivity contribution is 5.75. The van der Waals surface area contributed by atoms with Crippen LogP contribution in [0.4, 0.5) is 4.79 Å². The fourth-order valence-corrected chi connectivity index (χ4v) is 2.76. The first-order chi connectivity index (χ1) is 8.56. The summed E-state index contributed by atoms with van der Waals surface area (Å²) in [5.41, 5.74) is 0. The molecule has 18 heavy (non-hydrogen) atoms. The number of hydrogen-bond donors (Lipinski definition) is 2. The molecule has 0 aromatic carbocycles. The zero-order valence-corrected chi connectivity index (χ0v) is 10.8. The van der Waals surface area contributed by atoms with Gasteiger partial charge in [0.05, 0.1) is 6.42 Å². The van der Waals surface area contributed by atoms with Crippen LogP contribution in [0, 0.1) is 5.92 Å². The third kappa shape index (κ3) is 3.13. The molecule has 3 rings (SSSR count). The Labute approximate surface area is 107 Å². The second-order valence-corrected chi connectivity index (χ2v) is 5.26. The average molecular weight is 255 g/mol. The fourth-order valence-electron chi connectivity index (χ4n) is 2.76. The molecule has 0 aromatic heterocycles. The summed E-state index contributed by atoms with van der Waals surface area (Å²) in [7, 11) is 1.64. The first-order valence-corrected chi connectivity index (χ1v) is 6.52. The molecule has 1 unspecified atom stereocenters. The molecule has 2 N–H and O–H groups in total. The van der Waals surface area contributed by atoms with Crippen LogP contribution >= 0.6 is 0 Å². The Morgan fingerprint density at radius 1 is 1.39 bits per heavy atom. The van der Waals surface area contributed by atoms with Gasteiger partial charge in [0, 0.05) is 26.2 Å². The minimum Gasteiger partial charge on any atom is -0.481 e. The molecule has 0 aliphatic carbocycles. The zero-order valence-electron chi connectivity index (χ0n) is 10.8. The Bertz CT molecular complexity index is 327. The molecule has 3 aliphatic heterocycles. The molecule has 3 saturated heterocycles. The number of rotatable bonds is 4. The van der Waals surface area contributed by atoms with Crippen molar-refractivity contribution in [3.8, 4) is 0 Å².